The predicted octanol–water partition coefficient (Wildman–Crippen LogP) is 1.16. The van der Waals surface area contributed by atoms with E-state index in [-0.39, 0.29) is 5.78 Å². The lowest BCUT2D eigenvalue weighted by Gasteiger charge is -1.70. The van der Waals surface area contributed by atoms with E-state index in [1.807, 2.05) is 0 Å². The van der Waals surface area contributed by atoms with Crippen LogP contribution in [0.3, 0.4) is 0 Å². The molecule has 0 spiro atoms. The SMILES string of the molecule is CC#CC#CC(=O)/C=C/C. The molecule has 0 aromatic rings. The number of allylic oxidation sites excluding steroid dienone is 2. The third-order valence-electron chi connectivity index (χ3n) is 0.691. The summed E-state index contributed by atoms with van der Waals surface area (Å²) in [6.07, 6.45) is 3.06. The van der Waals surface area contributed by atoms with Gasteiger partial charge in [-0.1, -0.05) is 12.0 Å². The number of hydrogen-bond acceptors (Lipinski definition) is 1. The van der Waals surface area contributed by atoms with Gasteiger partial charge in [0, 0.05) is 0 Å². The Kier molecular flexibility index (Phi) is 4.83. The number of carbonyl (C=O) groups is 1. The van der Waals surface area contributed by atoms with Crippen molar-refractivity contribution in [3.05, 3.63) is 12.2 Å². The minimum Gasteiger partial charge on any atom is -0.280 e. The highest BCUT2D eigenvalue weighted by Gasteiger charge is 1.81. The second-order valence-electron chi connectivity index (χ2n) is 1.49. The van der Waals surface area contributed by atoms with Crippen molar-refractivity contribution in [1.29, 1.82) is 0 Å². The van der Waals surface area contributed by atoms with Crippen LogP contribution >= 0.6 is 0 Å². The van der Waals surface area contributed by atoms with Crippen molar-refractivity contribution in [3.63, 3.8) is 0 Å². The maximum Gasteiger partial charge on any atom is 0.229 e. The molecule has 0 aromatic carbocycles. The lowest BCUT2D eigenvalue weighted by atomic mass is 10.3. The lowest BCUT2D eigenvalue weighted by molar-refractivity contribution is -0.109. The van der Waals surface area contributed by atoms with Crippen molar-refractivity contribution in [1.82, 2.24) is 0 Å². The Hall–Kier alpha value is -1.47. The van der Waals surface area contributed by atoms with Gasteiger partial charge in [-0.2, -0.15) is 0 Å². The number of carbonyl (C=O) groups excluding carboxylic acids is 1. The van der Waals surface area contributed by atoms with Crippen LogP contribution in [0, 0.1) is 23.7 Å². The van der Waals surface area contributed by atoms with Gasteiger partial charge in [-0.3, -0.25) is 4.79 Å². The molecule has 0 aliphatic heterocycles. The minimum absolute atomic E-state index is 0.203. The van der Waals surface area contributed by atoms with Crippen molar-refractivity contribution in [2.45, 2.75) is 13.8 Å². The van der Waals surface area contributed by atoms with Crippen LogP contribution in [0.1, 0.15) is 13.8 Å². The zero-order valence-corrected chi connectivity index (χ0v) is 6.06. The molecule has 1 nitrogen and oxygen atoms in total. The van der Waals surface area contributed by atoms with E-state index in [1.165, 1.54) is 6.08 Å². The van der Waals surface area contributed by atoms with Gasteiger partial charge in [-0.15, -0.1) is 0 Å². The average molecular weight is 132 g/mol. The molecular formula is C9H8O. The van der Waals surface area contributed by atoms with Crippen LogP contribution in [0.15, 0.2) is 12.2 Å². The fourth-order valence-corrected chi connectivity index (χ4v) is 0.348. The average Bonchev–Trinajstić information content (AvgIpc) is 1.89. The Morgan fingerprint density at radius 2 is 2.10 bits per heavy atom. The molecule has 0 atom stereocenters. The van der Waals surface area contributed by atoms with Crippen LogP contribution in [0.5, 0.6) is 0 Å². The highest BCUT2D eigenvalue weighted by Crippen LogP contribution is 1.71. The zero-order valence-electron chi connectivity index (χ0n) is 6.06. The van der Waals surface area contributed by atoms with E-state index < -0.39 is 0 Å². The first kappa shape index (κ1) is 8.53. The summed E-state index contributed by atoms with van der Waals surface area (Å²) >= 11 is 0. The third kappa shape index (κ3) is 4.68. The highest BCUT2D eigenvalue weighted by atomic mass is 16.1. The molecule has 0 unspecified atom stereocenters. The molecule has 10 heavy (non-hydrogen) atoms. The smallest absolute Gasteiger partial charge is 0.229 e. The van der Waals surface area contributed by atoms with Gasteiger partial charge in [-0.25, -0.2) is 0 Å². The van der Waals surface area contributed by atoms with Crippen molar-refractivity contribution < 1.29 is 4.79 Å². The maximum atomic E-state index is 10.6. The van der Waals surface area contributed by atoms with Gasteiger partial charge >= 0.3 is 0 Å². The molecule has 0 aliphatic carbocycles. The van der Waals surface area contributed by atoms with E-state index in [9.17, 15) is 4.79 Å². The van der Waals surface area contributed by atoms with Gasteiger partial charge in [0.25, 0.3) is 0 Å². The molecule has 0 rings (SSSR count). The van der Waals surface area contributed by atoms with E-state index in [4.69, 9.17) is 0 Å². The van der Waals surface area contributed by atoms with Crippen molar-refractivity contribution in [3.8, 4) is 23.7 Å². The van der Waals surface area contributed by atoms with Crippen molar-refractivity contribution >= 4 is 5.78 Å². The second kappa shape index (κ2) is 5.66. The predicted molar refractivity (Wildman–Crippen MR) is 41.0 cm³/mol. The van der Waals surface area contributed by atoms with E-state index in [2.05, 4.69) is 23.7 Å². The van der Waals surface area contributed by atoms with Crippen LogP contribution in [-0.2, 0) is 4.79 Å². The molecule has 50 valence electrons. The first-order valence-corrected chi connectivity index (χ1v) is 2.90. The van der Waals surface area contributed by atoms with E-state index in [0.717, 1.165) is 0 Å². The summed E-state index contributed by atoms with van der Waals surface area (Å²) in [5.74, 6) is 9.58. The van der Waals surface area contributed by atoms with Crippen LogP contribution < -0.4 is 0 Å². The second-order valence-corrected chi connectivity index (χ2v) is 1.49. The molecule has 0 fully saturated rings. The topological polar surface area (TPSA) is 17.1 Å². The van der Waals surface area contributed by atoms with Gasteiger partial charge in [0.2, 0.25) is 5.78 Å². The highest BCUT2D eigenvalue weighted by molar-refractivity contribution is 6.04. The van der Waals surface area contributed by atoms with Crippen LogP contribution in [0.25, 0.3) is 0 Å². The Morgan fingerprint density at radius 3 is 2.60 bits per heavy atom. The standard InChI is InChI=1S/C9H8O/c1-3-5-6-8-9(10)7-4-2/h4,7H,1-2H3/b7-4+. The third-order valence-corrected chi connectivity index (χ3v) is 0.691. The molecule has 0 bridgehead atoms. The van der Waals surface area contributed by atoms with Gasteiger partial charge in [0.1, 0.15) is 0 Å². The maximum absolute atomic E-state index is 10.6. The van der Waals surface area contributed by atoms with Gasteiger partial charge in [0.15, 0.2) is 0 Å². The largest absolute Gasteiger partial charge is 0.280 e. The first-order chi connectivity index (χ1) is 4.81. The number of rotatable bonds is 1. The van der Waals surface area contributed by atoms with Crippen LogP contribution in [0.2, 0.25) is 0 Å². The minimum atomic E-state index is -0.203. The molecule has 0 heterocycles. The number of hydrogen-bond donors (Lipinski definition) is 0. The van der Waals surface area contributed by atoms with Crippen LogP contribution in [-0.4, -0.2) is 5.78 Å². The lowest BCUT2D eigenvalue weighted by Crippen LogP contribution is -1.83. The molecular weight excluding hydrogens is 124 g/mol. The van der Waals surface area contributed by atoms with E-state index in [1.54, 1.807) is 19.9 Å². The van der Waals surface area contributed by atoms with Crippen LogP contribution in [0.4, 0.5) is 0 Å². The Bertz CT molecular complexity index is 250. The molecule has 0 saturated carbocycles. The van der Waals surface area contributed by atoms with Gasteiger partial charge in [0.05, 0.1) is 0 Å². The summed E-state index contributed by atoms with van der Waals surface area (Å²) in [5, 5.41) is 0. The summed E-state index contributed by atoms with van der Waals surface area (Å²) in [7, 11) is 0. The molecule has 0 amide bonds. The summed E-state index contributed by atoms with van der Waals surface area (Å²) in [6, 6.07) is 0. The van der Waals surface area contributed by atoms with Gasteiger partial charge in [-0.05, 0) is 37.7 Å². The quantitative estimate of drug-likeness (QED) is 0.297. The van der Waals surface area contributed by atoms with Crippen molar-refractivity contribution in [2.75, 3.05) is 0 Å². The Morgan fingerprint density at radius 1 is 1.40 bits per heavy atom. The summed E-state index contributed by atoms with van der Waals surface area (Å²) in [6.45, 7) is 3.44. The Balaban J connectivity index is 4.01. The molecule has 0 aliphatic rings. The van der Waals surface area contributed by atoms with Gasteiger partial charge < -0.3 is 0 Å². The van der Waals surface area contributed by atoms with E-state index >= 15 is 0 Å². The number of ketones is 1. The molecule has 0 aromatic heterocycles. The van der Waals surface area contributed by atoms with Crippen molar-refractivity contribution in [2.24, 2.45) is 0 Å². The summed E-state index contributed by atoms with van der Waals surface area (Å²) in [5.41, 5.74) is 0. The molecule has 1 heteroatoms. The molecule has 0 N–H and O–H groups in total. The van der Waals surface area contributed by atoms with E-state index in [0.29, 0.717) is 0 Å². The normalized spacial score (nSPS) is 7.40. The molecule has 0 saturated heterocycles. The first-order valence-electron chi connectivity index (χ1n) is 2.90. The monoisotopic (exact) mass is 132 g/mol. The fourth-order valence-electron chi connectivity index (χ4n) is 0.348. The Labute approximate surface area is 61.1 Å². The summed E-state index contributed by atoms with van der Waals surface area (Å²) in [4.78, 5) is 10.6. The zero-order chi connectivity index (χ0) is 7.82. The fraction of sp³-hybridized carbons (Fsp3) is 0.222. The molecule has 0 radical (unpaired) electrons. The summed E-state index contributed by atoms with van der Waals surface area (Å²) < 4.78 is 0.